The van der Waals surface area contributed by atoms with Gasteiger partial charge in [-0.25, -0.2) is 13.8 Å². The predicted octanol–water partition coefficient (Wildman–Crippen LogP) is 2.84. The highest BCUT2D eigenvalue weighted by atomic mass is 32.2. The van der Waals surface area contributed by atoms with Gasteiger partial charge in [-0.1, -0.05) is 23.9 Å². The van der Waals surface area contributed by atoms with E-state index in [4.69, 9.17) is 0 Å². The molecule has 0 saturated heterocycles. The topological polar surface area (TPSA) is 69.2 Å². The Hall–Kier alpha value is -1.58. The van der Waals surface area contributed by atoms with Crippen molar-refractivity contribution in [2.45, 2.75) is 35.7 Å². The van der Waals surface area contributed by atoms with Gasteiger partial charge >= 0.3 is 0 Å². The van der Waals surface area contributed by atoms with Gasteiger partial charge in [-0.15, -0.1) is 12.6 Å². The van der Waals surface area contributed by atoms with Gasteiger partial charge < -0.3 is 15.0 Å². The Bertz CT molecular complexity index is 801. The zero-order chi connectivity index (χ0) is 18.6. The van der Waals surface area contributed by atoms with E-state index in [1.807, 2.05) is 6.92 Å². The van der Waals surface area contributed by atoms with E-state index >= 15 is 0 Å². The molecule has 1 aromatic heterocycles. The number of hydrogen-bond acceptors (Lipinski definition) is 6. The summed E-state index contributed by atoms with van der Waals surface area (Å²) in [6.07, 6.45) is 0. The van der Waals surface area contributed by atoms with Crippen LogP contribution < -0.4 is 10.5 Å². The smallest absolute Gasteiger partial charge is 0.267 e. The maximum absolute atomic E-state index is 13.7. The summed E-state index contributed by atoms with van der Waals surface area (Å²) in [4.78, 5) is 21.0. The van der Waals surface area contributed by atoms with Gasteiger partial charge in [-0.3, -0.25) is 4.79 Å². The van der Waals surface area contributed by atoms with E-state index in [9.17, 15) is 18.7 Å². The van der Waals surface area contributed by atoms with E-state index in [2.05, 4.69) is 22.6 Å². The molecule has 0 spiro atoms. The van der Waals surface area contributed by atoms with E-state index in [0.29, 0.717) is 12.4 Å². The van der Waals surface area contributed by atoms with Crippen LogP contribution in [0.15, 0.2) is 33.0 Å². The standard InChI is InChI=1S/C16H19F2N3O2S2/c1-3-21(9(2)7-22)14-13(24)15(23)20-16(19-14)25-8-10-5-4-6-11(17)12(10)18/h4-6,9,22,24H,3,7-8H2,1-2H3,(H,19,20,23)/t9-/m1/s1. The Morgan fingerprint density at radius 3 is 2.80 bits per heavy atom. The lowest BCUT2D eigenvalue weighted by Gasteiger charge is -2.28. The molecule has 1 heterocycles. The summed E-state index contributed by atoms with van der Waals surface area (Å²) in [5.41, 5.74) is -0.251. The summed E-state index contributed by atoms with van der Waals surface area (Å²) in [5, 5.41) is 9.64. The summed E-state index contributed by atoms with van der Waals surface area (Å²) in [6.45, 7) is 4.09. The Labute approximate surface area is 153 Å². The first-order valence-electron chi connectivity index (χ1n) is 7.65. The van der Waals surface area contributed by atoms with Gasteiger partial charge in [-0.2, -0.15) is 0 Å². The zero-order valence-corrected chi connectivity index (χ0v) is 15.5. The molecule has 2 N–H and O–H groups in total. The molecule has 2 rings (SSSR count). The molecule has 0 saturated carbocycles. The van der Waals surface area contributed by atoms with E-state index in [0.717, 1.165) is 17.8 Å². The molecule has 2 aromatic rings. The molecule has 0 radical (unpaired) electrons. The fourth-order valence-electron chi connectivity index (χ4n) is 2.28. The molecule has 0 aliphatic heterocycles. The zero-order valence-electron chi connectivity index (χ0n) is 13.8. The number of rotatable bonds is 7. The number of benzene rings is 1. The van der Waals surface area contributed by atoms with E-state index in [-0.39, 0.29) is 34.0 Å². The van der Waals surface area contributed by atoms with Crippen LogP contribution in [-0.4, -0.2) is 34.3 Å². The number of nitrogens with zero attached hydrogens (tertiary/aromatic N) is 2. The van der Waals surface area contributed by atoms with Gasteiger partial charge in [0.25, 0.3) is 5.56 Å². The van der Waals surface area contributed by atoms with Crippen molar-refractivity contribution in [1.29, 1.82) is 0 Å². The average molecular weight is 387 g/mol. The number of halogens is 2. The van der Waals surface area contributed by atoms with Crippen LogP contribution in [0.1, 0.15) is 19.4 Å². The Morgan fingerprint density at radius 2 is 2.16 bits per heavy atom. The van der Waals surface area contributed by atoms with E-state index in [1.165, 1.54) is 12.1 Å². The monoisotopic (exact) mass is 387 g/mol. The number of aromatic nitrogens is 2. The number of aromatic amines is 1. The molecule has 0 aliphatic rings. The van der Waals surface area contributed by atoms with Crippen LogP contribution in [0.4, 0.5) is 14.6 Å². The number of thiol groups is 1. The summed E-state index contributed by atoms with van der Waals surface area (Å²) in [7, 11) is 0. The van der Waals surface area contributed by atoms with Crippen LogP contribution in [0, 0.1) is 11.6 Å². The fourth-order valence-corrected chi connectivity index (χ4v) is 3.34. The lowest BCUT2D eigenvalue weighted by Crippen LogP contribution is -2.37. The first-order chi connectivity index (χ1) is 11.9. The predicted molar refractivity (Wildman–Crippen MR) is 97.6 cm³/mol. The molecule has 136 valence electrons. The van der Waals surface area contributed by atoms with Gasteiger partial charge in [-0.05, 0) is 19.9 Å². The first-order valence-corrected chi connectivity index (χ1v) is 9.08. The third-order valence-electron chi connectivity index (χ3n) is 3.66. The van der Waals surface area contributed by atoms with Gasteiger partial charge in [0.15, 0.2) is 22.6 Å². The quantitative estimate of drug-likeness (QED) is 0.387. The molecule has 0 fully saturated rings. The SMILES string of the molecule is CCN(c1nc(SCc2cccc(F)c2F)[nH]c(=O)c1S)[C@H](C)CO. The molecule has 1 atom stereocenters. The number of anilines is 1. The van der Waals surface area contributed by atoms with Crippen LogP contribution in [-0.2, 0) is 5.75 Å². The maximum Gasteiger partial charge on any atom is 0.267 e. The van der Waals surface area contributed by atoms with Crippen LogP contribution >= 0.6 is 24.4 Å². The minimum atomic E-state index is -0.917. The third kappa shape index (κ3) is 4.53. The van der Waals surface area contributed by atoms with Crippen molar-refractivity contribution in [2.75, 3.05) is 18.1 Å². The molecular formula is C16H19F2N3O2S2. The van der Waals surface area contributed by atoms with Crippen molar-refractivity contribution >= 4 is 30.2 Å². The van der Waals surface area contributed by atoms with Crippen molar-refractivity contribution in [2.24, 2.45) is 0 Å². The number of thioether (sulfide) groups is 1. The van der Waals surface area contributed by atoms with Crippen molar-refractivity contribution in [1.82, 2.24) is 9.97 Å². The molecular weight excluding hydrogens is 368 g/mol. The molecule has 5 nitrogen and oxygen atoms in total. The second kappa shape index (κ2) is 8.68. The number of likely N-dealkylation sites (N-methyl/N-ethyl adjacent to an activating group) is 1. The molecule has 0 unspecified atom stereocenters. The van der Waals surface area contributed by atoms with Gasteiger partial charge in [0, 0.05) is 17.9 Å². The van der Waals surface area contributed by atoms with Crippen molar-refractivity contribution in [3.63, 3.8) is 0 Å². The van der Waals surface area contributed by atoms with Crippen molar-refractivity contribution in [3.05, 3.63) is 45.8 Å². The Morgan fingerprint density at radius 1 is 1.44 bits per heavy atom. The maximum atomic E-state index is 13.7. The Kier molecular flexibility index (Phi) is 6.86. The number of nitrogens with one attached hydrogen (secondary N) is 1. The van der Waals surface area contributed by atoms with Gasteiger partial charge in [0.1, 0.15) is 4.90 Å². The minimum Gasteiger partial charge on any atom is -0.394 e. The van der Waals surface area contributed by atoms with Gasteiger partial charge in [0.05, 0.1) is 12.6 Å². The van der Waals surface area contributed by atoms with Gasteiger partial charge in [0.2, 0.25) is 0 Å². The Balaban J connectivity index is 2.30. The summed E-state index contributed by atoms with van der Waals surface area (Å²) in [6, 6.07) is 3.70. The molecule has 0 amide bonds. The average Bonchev–Trinajstić information content (AvgIpc) is 2.60. The number of hydrogen-bond donors (Lipinski definition) is 3. The second-order valence-corrected chi connectivity index (χ2v) is 6.77. The van der Waals surface area contributed by atoms with Crippen LogP contribution in [0.2, 0.25) is 0 Å². The largest absolute Gasteiger partial charge is 0.394 e. The lowest BCUT2D eigenvalue weighted by atomic mass is 10.2. The molecule has 0 bridgehead atoms. The van der Waals surface area contributed by atoms with E-state index in [1.54, 1.807) is 11.8 Å². The van der Waals surface area contributed by atoms with Crippen molar-refractivity contribution < 1.29 is 13.9 Å². The number of H-pyrrole nitrogens is 1. The highest BCUT2D eigenvalue weighted by Gasteiger charge is 2.19. The van der Waals surface area contributed by atoms with Crippen molar-refractivity contribution in [3.8, 4) is 0 Å². The molecule has 9 heteroatoms. The van der Waals surface area contributed by atoms with Crippen LogP contribution in [0.3, 0.4) is 0 Å². The fraction of sp³-hybridized carbons (Fsp3) is 0.375. The summed E-state index contributed by atoms with van der Waals surface area (Å²) in [5.74, 6) is -1.37. The normalized spacial score (nSPS) is 12.2. The summed E-state index contributed by atoms with van der Waals surface area (Å²) >= 11 is 5.29. The number of aliphatic hydroxyl groups excluding tert-OH is 1. The lowest BCUT2D eigenvalue weighted by molar-refractivity contribution is 0.266. The third-order valence-corrected chi connectivity index (χ3v) is 4.98. The molecule has 25 heavy (non-hydrogen) atoms. The molecule has 0 aliphatic carbocycles. The number of aliphatic hydroxyl groups is 1. The van der Waals surface area contributed by atoms with E-state index < -0.39 is 17.2 Å². The second-order valence-electron chi connectivity index (χ2n) is 5.36. The minimum absolute atomic E-state index is 0.105. The highest BCUT2D eigenvalue weighted by molar-refractivity contribution is 7.98. The summed E-state index contributed by atoms with van der Waals surface area (Å²) < 4.78 is 27.0. The van der Waals surface area contributed by atoms with Crippen LogP contribution in [0.5, 0.6) is 0 Å². The molecule has 1 aromatic carbocycles. The van der Waals surface area contributed by atoms with Crippen LogP contribution in [0.25, 0.3) is 0 Å². The first kappa shape index (κ1) is 19.7. The highest BCUT2D eigenvalue weighted by Crippen LogP contribution is 2.26.